The number of rotatable bonds is 7. The average Bonchev–Trinajstić information content (AvgIpc) is 2.63. The lowest BCUT2D eigenvalue weighted by molar-refractivity contribution is 0.0954. The topological polar surface area (TPSA) is 65.5 Å². The highest BCUT2D eigenvalue weighted by atomic mass is 16.1. The van der Waals surface area contributed by atoms with Gasteiger partial charge in [0.15, 0.2) is 5.96 Å². The van der Waals surface area contributed by atoms with Gasteiger partial charge in [-0.1, -0.05) is 47.5 Å². The molecule has 0 radical (unpaired) electrons. The molecule has 0 aliphatic rings. The van der Waals surface area contributed by atoms with Crippen molar-refractivity contribution in [3.63, 3.8) is 0 Å². The fourth-order valence-electron chi connectivity index (χ4n) is 2.81. The molecule has 0 saturated carbocycles. The van der Waals surface area contributed by atoms with Crippen molar-refractivity contribution in [2.75, 3.05) is 26.7 Å². The molecular weight excluding hydrogens is 324 g/mol. The molecule has 0 saturated heterocycles. The Labute approximate surface area is 155 Å². The number of amides is 1. The van der Waals surface area contributed by atoms with Gasteiger partial charge in [-0.3, -0.25) is 9.79 Å². The van der Waals surface area contributed by atoms with Crippen LogP contribution in [-0.2, 0) is 6.42 Å². The molecule has 0 aliphatic carbocycles. The maximum atomic E-state index is 12.0. The second-order valence-electron chi connectivity index (χ2n) is 6.29. The van der Waals surface area contributed by atoms with E-state index >= 15 is 0 Å². The Balaban J connectivity index is 1.67. The van der Waals surface area contributed by atoms with Crippen molar-refractivity contribution in [3.05, 3.63) is 70.8 Å². The highest BCUT2D eigenvalue weighted by Gasteiger charge is 2.03. The third-order valence-corrected chi connectivity index (χ3v) is 3.95. The first-order valence-corrected chi connectivity index (χ1v) is 8.93. The molecule has 2 aromatic rings. The maximum absolute atomic E-state index is 12.0. The molecule has 0 heterocycles. The molecule has 26 heavy (non-hydrogen) atoms. The molecule has 5 heteroatoms. The van der Waals surface area contributed by atoms with Gasteiger partial charge in [-0.25, -0.2) is 0 Å². The van der Waals surface area contributed by atoms with Crippen LogP contribution in [0.15, 0.2) is 53.5 Å². The van der Waals surface area contributed by atoms with Gasteiger partial charge in [0.1, 0.15) is 0 Å². The monoisotopic (exact) mass is 352 g/mol. The van der Waals surface area contributed by atoms with Crippen LogP contribution < -0.4 is 16.0 Å². The van der Waals surface area contributed by atoms with Crippen molar-refractivity contribution < 1.29 is 4.79 Å². The average molecular weight is 352 g/mol. The van der Waals surface area contributed by atoms with E-state index in [9.17, 15) is 4.79 Å². The Morgan fingerprint density at radius 2 is 1.50 bits per heavy atom. The normalized spacial score (nSPS) is 11.1. The summed E-state index contributed by atoms with van der Waals surface area (Å²) in [5, 5.41) is 9.40. The van der Waals surface area contributed by atoms with Crippen molar-refractivity contribution in [2.45, 2.75) is 20.3 Å². The second-order valence-corrected chi connectivity index (χ2v) is 6.29. The molecule has 0 atom stereocenters. The summed E-state index contributed by atoms with van der Waals surface area (Å²) in [6.45, 7) is 6.19. The van der Waals surface area contributed by atoms with E-state index in [-0.39, 0.29) is 5.91 Å². The smallest absolute Gasteiger partial charge is 0.251 e. The highest BCUT2D eigenvalue weighted by Crippen LogP contribution is 2.08. The summed E-state index contributed by atoms with van der Waals surface area (Å²) < 4.78 is 0. The molecule has 138 valence electrons. The van der Waals surface area contributed by atoms with Crippen molar-refractivity contribution >= 4 is 11.9 Å². The maximum Gasteiger partial charge on any atom is 0.251 e. The predicted octanol–water partition coefficient (Wildman–Crippen LogP) is 2.44. The number of nitrogens with one attached hydrogen (secondary N) is 3. The van der Waals surface area contributed by atoms with Crippen molar-refractivity contribution in [1.29, 1.82) is 0 Å². The summed E-state index contributed by atoms with van der Waals surface area (Å²) in [5.74, 6) is 0.675. The quantitative estimate of drug-likeness (QED) is 0.407. The molecule has 3 N–H and O–H groups in total. The van der Waals surface area contributed by atoms with Gasteiger partial charge in [0.2, 0.25) is 0 Å². The molecule has 2 aromatic carbocycles. The number of nitrogens with zero attached hydrogens (tertiary/aromatic N) is 1. The highest BCUT2D eigenvalue weighted by molar-refractivity contribution is 5.94. The summed E-state index contributed by atoms with van der Waals surface area (Å²) in [6.07, 6.45) is 0.938. The first-order valence-electron chi connectivity index (χ1n) is 8.93. The minimum absolute atomic E-state index is 0.0647. The number of aryl methyl sites for hydroxylation is 2. The number of hydrogen-bond acceptors (Lipinski definition) is 2. The van der Waals surface area contributed by atoms with Crippen molar-refractivity contribution in [3.8, 4) is 0 Å². The first-order chi connectivity index (χ1) is 12.6. The van der Waals surface area contributed by atoms with Gasteiger partial charge in [0.05, 0.1) is 0 Å². The number of guanidine groups is 1. The van der Waals surface area contributed by atoms with E-state index in [1.54, 1.807) is 19.2 Å². The zero-order valence-electron chi connectivity index (χ0n) is 15.8. The minimum atomic E-state index is -0.0647. The fourth-order valence-corrected chi connectivity index (χ4v) is 2.81. The van der Waals surface area contributed by atoms with Crippen LogP contribution in [0.1, 0.15) is 27.0 Å². The van der Waals surface area contributed by atoms with E-state index in [1.165, 1.54) is 16.7 Å². The van der Waals surface area contributed by atoms with Crippen LogP contribution in [0.4, 0.5) is 0 Å². The molecule has 1 amide bonds. The zero-order chi connectivity index (χ0) is 18.8. The van der Waals surface area contributed by atoms with E-state index in [2.05, 4.69) is 53.0 Å². The van der Waals surface area contributed by atoms with Crippen LogP contribution in [0.5, 0.6) is 0 Å². The van der Waals surface area contributed by atoms with E-state index in [1.807, 2.05) is 18.2 Å². The van der Waals surface area contributed by atoms with E-state index in [4.69, 9.17) is 0 Å². The van der Waals surface area contributed by atoms with E-state index < -0.39 is 0 Å². The lowest BCUT2D eigenvalue weighted by atomic mass is 10.1. The van der Waals surface area contributed by atoms with Crippen molar-refractivity contribution in [1.82, 2.24) is 16.0 Å². The summed E-state index contributed by atoms with van der Waals surface area (Å²) >= 11 is 0. The van der Waals surface area contributed by atoms with Gasteiger partial charge in [-0.2, -0.15) is 0 Å². The van der Waals surface area contributed by atoms with Crippen LogP contribution in [0.2, 0.25) is 0 Å². The lowest BCUT2D eigenvalue weighted by Gasteiger charge is -2.13. The number of hydrogen-bond donors (Lipinski definition) is 3. The molecular formula is C21H28N4O. The van der Waals surface area contributed by atoms with Crippen LogP contribution >= 0.6 is 0 Å². The Bertz CT molecular complexity index is 721. The van der Waals surface area contributed by atoms with Gasteiger partial charge < -0.3 is 16.0 Å². The molecule has 0 spiro atoms. The van der Waals surface area contributed by atoms with Crippen LogP contribution in [-0.4, -0.2) is 38.5 Å². The summed E-state index contributed by atoms with van der Waals surface area (Å²) in [5.41, 5.74) is 4.57. The third-order valence-electron chi connectivity index (χ3n) is 3.95. The number of carbonyl (C=O) groups is 1. The Morgan fingerprint density at radius 1 is 0.885 bits per heavy atom. The Hall–Kier alpha value is -2.82. The van der Waals surface area contributed by atoms with Crippen LogP contribution in [0, 0.1) is 13.8 Å². The zero-order valence-corrected chi connectivity index (χ0v) is 15.8. The molecule has 0 aromatic heterocycles. The second kappa shape index (κ2) is 10.2. The number of benzene rings is 2. The lowest BCUT2D eigenvalue weighted by Crippen LogP contribution is -2.42. The van der Waals surface area contributed by atoms with Crippen LogP contribution in [0.25, 0.3) is 0 Å². The molecule has 0 fully saturated rings. The minimum Gasteiger partial charge on any atom is -0.356 e. The largest absolute Gasteiger partial charge is 0.356 e. The van der Waals surface area contributed by atoms with Gasteiger partial charge in [0, 0.05) is 32.2 Å². The van der Waals surface area contributed by atoms with Gasteiger partial charge in [-0.05, 0) is 38.0 Å². The molecule has 5 nitrogen and oxygen atoms in total. The van der Waals surface area contributed by atoms with Crippen LogP contribution in [0.3, 0.4) is 0 Å². The molecule has 2 rings (SSSR count). The molecule has 0 aliphatic heterocycles. The van der Waals surface area contributed by atoms with Crippen molar-refractivity contribution in [2.24, 2.45) is 4.99 Å². The van der Waals surface area contributed by atoms with E-state index in [0.29, 0.717) is 18.7 Å². The van der Waals surface area contributed by atoms with E-state index in [0.717, 1.165) is 18.9 Å². The number of aliphatic imine (C=N–C) groups is 1. The summed E-state index contributed by atoms with van der Waals surface area (Å²) in [4.78, 5) is 16.2. The Kier molecular flexibility index (Phi) is 7.68. The summed E-state index contributed by atoms with van der Waals surface area (Å²) in [7, 11) is 1.74. The Morgan fingerprint density at radius 3 is 2.15 bits per heavy atom. The van der Waals surface area contributed by atoms with Gasteiger partial charge in [-0.15, -0.1) is 0 Å². The molecule has 0 unspecified atom stereocenters. The molecule has 0 bridgehead atoms. The van der Waals surface area contributed by atoms with Gasteiger partial charge in [0.25, 0.3) is 5.91 Å². The fraction of sp³-hybridized carbons (Fsp3) is 0.333. The number of carbonyl (C=O) groups excluding carboxylic acids is 1. The third kappa shape index (κ3) is 6.59. The first kappa shape index (κ1) is 19.5. The predicted molar refractivity (Wildman–Crippen MR) is 108 cm³/mol. The van der Waals surface area contributed by atoms with Gasteiger partial charge >= 0.3 is 0 Å². The SMILES string of the molecule is CN=C(NCCNC(=O)c1ccccc1)NCCc1cc(C)cc(C)c1. The summed E-state index contributed by atoms with van der Waals surface area (Å²) in [6, 6.07) is 15.8. The standard InChI is InChI=1S/C21H28N4O/c1-16-13-17(2)15-18(14-16)9-10-24-21(22-3)25-12-11-23-20(26)19-7-5-4-6-8-19/h4-8,13-15H,9-12H2,1-3H3,(H,23,26)(H2,22,24,25).